The molecule has 3 aromatic rings. The summed E-state index contributed by atoms with van der Waals surface area (Å²) in [5.41, 5.74) is 2.10. The SMILES string of the molecule is N#Cc1ccc(C(=O)N[C@H](c2cn3ncc([C@H](NC(=O)CCC(F)(F)F)C4CC4)cc3n2)C2CCC(F)(F)CC2)cc1. The molecule has 2 amide bonds. The molecule has 42 heavy (non-hydrogen) atoms. The number of fused-ring (bicyclic) bond motifs is 1. The van der Waals surface area contributed by atoms with Crippen LogP contribution in [0.4, 0.5) is 22.0 Å². The average molecular weight is 589 g/mol. The maximum absolute atomic E-state index is 14.0. The lowest BCUT2D eigenvalue weighted by Gasteiger charge is -2.33. The maximum atomic E-state index is 14.0. The number of benzene rings is 1. The standard InChI is InChI=1S/C29H29F5N6O2/c30-28(31)10-7-19(8-11-28)26(39-27(42)20-3-1-17(14-35)2-4-20)22-16-40-23(37-22)13-21(15-36-40)25(18-5-6-18)38-24(41)9-12-29(32,33)34/h1-4,13,15-16,18-19,25-26H,5-12H2,(H,38,41)(H,39,42)/t25-,26+/m1/s1. The number of halogens is 5. The van der Waals surface area contributed by atoms with E-state index in [-0.39, 0.29) is 37.5 Å². The first-order valence-electron chi connectivity index (χ1n) is 13.8. The van der Waals surface area contributed by atoms with Gasteiger partial charge >= 0.3 is 6.18 Å². The molecule has 0 bridgehead atoms. The minimum absolute atomic E-state index is 0.0712. The molecule has 2 fully saturated rings. The molecule has 0 saturated heterocycles. The van der Waals surface area contributed by atoms with Gasteiger partial charge in [-0.25, -0.2) is 18.3 Å². The lowest BCUT2D eigenvalue weighted by molar-refractivity contribution is -0.144. The Labute approximate surface area is 238 Å². The summed E-state index contributed by atoms with van der Waals surface area (Å²) >= 11 is 0. The Balaban J connectivity index is 1.39. The summed E-state index contributed by atoms with van der Waals surface area (Å²) in [7, 11) is 0. The fourth-order valence-corrected chi connectivity index (χ4v) is 5.38. The molecule has 0 unspecified atom stereocenters. The van der Waals surface area contributed by atoms with Gasteiger partial charge in [-0.2, -0.15) is 23.5 Å². The topological polar surface area (TPSA) is 112 Å². The molecule has 8 nitrogen and oxygen atoms in total. The first-order chi connectivity index (χ1) is 19.9. The molecule has 222 valence electrons. The van der Waals surface area contributed by atoms with Gasteiger partial charge in [-0.05, 0) is 73.4 Å². The summed E-state index contributed by atoms with van der Waals surface area (Å²) in [6.07, 6.45) is -1.83. The second-order valence-corrected chi connectivity index (χ2v) is 11.1. The molecule has 0 spiro atoms. The summed E-state index contributed by atoms with van der Waals surface area (Å²) in [6.45, 7) is 0. The largest absolute Gasteiger partial charge is 0.389 e. The molecule has 0 radical (unpaired) electrons. The Morgan fingerprint density at radius 1 is 1.05 bits per heavy atom. The number of hydrogen-bond donors (Lipinski definition) is 2. The van der Waals surface area contributed by atoms with Crippen molar-refractivity contribution in [1.82, 2.24) is 25.2 Å². The van der Waals surface area contributed by atoms with Gasteiger partial charge in [0.1, 0.15) is 0 Å². The van der Waals surface area contributed by atoms with Crippen molar-refractivity contribution in [3.05, 3.63) is 65.1 Å². The number of nitriles is 1. The first-order valence-corrected chi connectivity index (χ1v) is 13.8. The van der Waals surface area contributed by atoms with Gasteiger partial charge in [-0.1, -0.05) is 0 Å². The number of amides is 2. The van der Waals surface area contributed by atoms with Gasteiger partial charge in [0.25, 0.3) is 5.91 Å². The Hall–Kier alpha value is -4.08. The van der Waals surface area contributed by atoms with Gasteiger partial charge in [0.2, 0.25) is 11.8 Å². The highest BCUT2D eigenvalue weighted by molar-refractivity contribution is 5.94. The van der Waals surface area contributed by atoms with E-state index in [4.69, 9.17) is 5.26 Å². The predicted octanol–water partition coefficient (Wildman–Crippen LogP) is 5.81. The van der Waals surface area contributed by atoms with Crippen LogP contribution in [-0.2, 0) is 4.79 Å². The van der Waals surface area contributed by atoms with Gasteiger partial charge in [0, 0.05) is 24.8 Å². The van der Waals surface area contributed by atoms with Crippen molar-refractivity contribution >= 4 is 17.5 Å². The molecule has 2 aliphatic carbocycles. The summed E-state index contributed by atoms with van der Waals surface area (Å²) < 4.78 is 67.2. The van der Waals surface area contributed by atoms with E-state index < -0.39 is 48.8 Å². The van der Waals surface area contributed by atoms with E-state index in [0.717, 1.165) is 12.8 Å². The number of nitrogens with one attached hydrogen (secondary N) is 2. The van der Waals surface area contributed by atoms with Crippen molar-refractivity contribution in [2.24, 2.45) is 11.8 Å². The van der Waals surface area contributed by atoms with Crippen LogP contribution in [0, 0.1) is 23.2 Å². The van der Waals surface area contributed by atoms with Crippen molar-refractivity contribution < 1.29 is 31.5 Å². The van der Waals surface area contributed by atoms with Crippen molar-refractivity contribution in [2.45, 2.75) is 75.5 Å². The third-order valence-corrected chi connectivity index (χ3v) is 7.88. The van der Waals surface area contributed by atoms with Crippen LogP contribution >= 0.6 is 0 Å². The second-order valence-electron chi connectivity index (χ2n) is 11.1. The number of alkyl halides is 5. The number of rotatable bonds is 9. The van der Waals surface area contributed by atoms with Gasteiger partial charge in [0.15, 0.2) is 5.65 Å². The van der Waals surface area contributed by atoms with E-state index in [1.54, 1.807) is 12.3 Å². The van der Waals surface area contributed by atoms with Crippen LogP contribution in [0.5, 0.6) is 0 Å². The van der Waals surface area contributed by atoms with Gasteiger partial charge in [-0.15, -0.1) is 0 Å². The highest BCUT2D eigenvalue weighted by atomic mass is 19.4. The van der Waals surface area contributed by atoms with Crippen LogP contribution in [0.1, 0.15) is 90.6 Å². The number of aromatic nitrogens is 3. The lowest BCUT2D eigenvalue weighted by atomic mass is 9.81. The van der Waals surface area contributed by atoms with Crippen molar-refractivity contribution in [1.29, 1.82) is 5.26 Å². The first kappa shape index (κ1) is 29.4. The van der Waals surface area contributed by atoms with Crippen LogP contribution in [0.2, 0.25) is 0 Å². The second kappa shape index (κ2) is 11.7. The number of nitrogens with zero attached hydrogens (tertiary/aromatic N) is 4. The average Bonchev–Trinajstić information content (AvgIpc) is 3.71. The van der Waals surface area contributed by atoms with Crippen LogP contribution in [0.15, 0.2) is 42.7 Å². The minimum atomic E-state index is -4.43. The normalized spacial score (nSPS) is 18.7. The smallest absolute Gasteiger partial charge is 0.349 e. The van der Waals surface area contributed by atoms with E-state index in [1.165, 1.54) is 35.0 Å². The lowest BCUT2D eigenvalue weighted by Crippen LogP contribution is -2.37. The highest BCUT2D eigenvalue weighted by Crippen LogP contribution is 2.43. The van der Waals surface area contributed by atoms with Gasteiger partial charge < -0.3 is 10.6 Å². The third-order valence-electron chi connectivity index (χ3n) is 7.88. The Kier molecular flexibility index (Phi) is 8.17. The molecular weight excluding hydrogens is 559 g/mol. The number of carbonyl (C=O) groups excluding carboxylic acids is 2. The molecule has 1 aromatic carbocycles. The van der Waals surface area contributed by atoms with Crippen LogP contribution in [-0.4, -0.2) is 38.5 Å². The predicted molar refractivity (Wildman–Crippen MR) is 140 cm³/mol. The molecule has 5 rings (SSSR count). The fraction of sp³-hybridized carbons (Fsp3) is 0.483. The van der Waals surface area contributed by atoms with E-state index in [1.807, 2.05) is 6.07 Å². The molecular formula is C29H29F5N6O2. The minimum Gasteiger partial charge on any atom is -0.349 e. The van der Waals surface area contributed by atoms with Crippen molar-refractivity contribution in [3.63, 3.8) is 0 Å². The Morgan fingerprint density at radius 2 is 1.71 bits per heavy atom. The maximum Gasteiger partial charge on any atom is 0.389 e. The quantitative estimate of drug-likeness (QED) is 0.307. The zero-order chi connectivity index (χ0) is 30.1. The van der Waals surface area contributed by atoms with E-state index >= 15 is 0 Å². The molecule has 0 aliphatic heterocycles. The molecule has 2 N–H and O–H groups in total. The highest BCUT2D eigenvalue weighted by Gasteiger charge is 2.40. The van der Waals surface area contributed by atoms with Gasteiger partial charge in [-0.3, -0.25) is 9.59 Å². The monoisotopic (exact) mass is 588 g/mol. The van der Waals surface area contributed by atoms with Crippen molar-refractivity contribution in [3.8, 4) is 6.07 Å². The van der Waals surface area contributed by atoms with Crippen LogP contribution in [0.3, 0.4) is 0 Å². The number of carbonyl (C=O) groups is 2. The van der Waals surface area contributed by atoms with Crippen LogP contribution < -0.4 is 10.6 Å². The van der Waals surface area contributed by atoms with Crippen LogP contribution in [0.25, 0.3) is 5.65 Å². The van der Waals surface area contributed by atoms with Crippen molar-refractivity contribution in [2.75, 3.05) is 0 Å². The Bertz CT molecular complexity index is 1480. The summed E-state index contributed by atoms with van der Waals surface area (Å²) in [6, 6.07) is 8.52. The molecule has 13 heteroatoms. The number of imidazole rings is 1. The van der Waals surface area contributed by atoms with E-state index in [2.05, 4.69) is 20.7 Å². The third kappa shape index (κ3) is 7.21. The Morgan fingerprint density at radius 3 is 2.33 bits per heavy atom. The summed E-state index contributed by atoms with van der Waals surface area (Å²) in [4.78, 5) is 30.1. The zero-order valence-corrected chi connectivity index (χ0v) is 22.5. The molecule has 2 saturated carbocycles. The summed E-state index contributed by atoms with van der Waals surface area (Å²) in [5, 5.41) is 19.1. The molecule has 2 aliphatic rings. The van der Waals surface area contributed by atoms with Gasteiger partial charge in [0.05, 0.1) is 48.2 Å². The molecule has 2 atom stereocenters. The molecule has 2 aromatic heterocycles. The number of hydrogen-bond acceptors (Lipinski definition) is 5. The van der Waals surface area contributed by atoms with E-state index in [0.29, 0.717) is 28.0 Å². The van der Waals surface area contributed by atoms with E-state index in [9.17, 15) is 31.5 Å². The molecule has 2 heterocycles. The summed E-state index contributed by atoms with van der Waals surface area (Å²) in [5.74, 6) is -4.16. The fourth-order valence-electron chi connectivity index (χ4n) is 5.38. The zero-order valence-electron chi connectivity index (χ0n) is 22.5.